The van der Waals surface area contributed by atoms with Crippen LogP contribution in [0.15, 0.2) is 30.5 Å². The van der Waals surface area contributed by atoms with E-state index in [-0.39, 0.29) is 13.3 Å². The van der Waals surface area contributed by atoms with Crippen molar-refractivity contribution in [1.82, 2.24) is 4.57 Å². The number of aliphatic hydroxyl groups is 1. The average Bonchev–Trinajstić information content (AvgIpc) is 2.70. The van der Waals surface area contributed by atoms with E-state index in [2.05, 4.69) is 4.74 Å². The van der Waals surface area contributed by atoms with Gasteiger partial charge in [-0.3, -0.25) is 0 Å². The fraction of sp³-hybridized carbons (Fsp3) is 0.333. The third-order valence-electron chi connectivity index (χ3n) is 2.52. The van der Waals surface area contributed by atoms with Gasteiger partial charge in [0.25, 0.3) is 0 Å². The SMILES string of the molecule is OCc1ccc2ccn(COCC(F)(F)F)c2c1. The standard InChI is InChI=1S/C12H12F3NO2/c13-12(14,15)7-18-8-16-4-3-10-2-1-9(6-17)5-11(10)16/h1-5,17H,6-8H2. The van der Waals surface area contributed by atoms with Crippen LogP contribution in [-0.2, 0) is 18.1 Å². The Morgan fingerprint density at radius 1 is 1.22 bits per heavy atom. The lowest BCUT2D eigenvalue weighted by molar-refractivity contribution is -0.181. The molecule has 0 amide bonds. The number of alkyl halides is 3. The molecule has 0 aliphatic heterocycles. The zero-order chi connectivity index (χ0) is 13.2. The minimum absolute atomic E-state index is 0.107. The van der Waals surface area contributed by atoms with Crippen molar-refractivity contribution >= 4 is 10.9 Å². The molecule has 0 aliphatic carbocycles. The summed E-state index contributed by atoms with van der Waals surface area (Å²) in [4.78, 5) is 0. The predicted octanol–water partition coefficient (Wildman–Crippen LogP) is 2.67. The highest BCUT2D eigenvalue weighted by atomic mass is 19.4. The summed E-state index contributed by atoms with van der Waals surface area (Å²) in [6.45, 7) is -1.55. The molecule has 2 aromatic rings. The minimum Gasteiger partial charge on any atom is -0.392 e. The molecule has 0 unspecified atom stereocenters. The summed E-state index contributed by atoms with van der Waals surface area (Å²) < 4.78 is 42.0. The molecule has 0 aliphatic rings. The Morgan fingerprint density at radius 3 is 2.67 bits per heavy atom. The maximum absolute atomic E-state index is 11.9. The van der Waals surface area contributed by atoms with Crippen molar-refractivity contribution in [2.45, 2.75) is 19.5 Å². The third kappa shape index (κ3) is 3.02. The van der Waals surface area contributed by atoms with Crippen molar-refractivity contribution < 1.29 is 23.0 Å². The molecule has 1 heterocycles. The first-order valence-corrected chi connectivity index (χ1v) is 5.33. The number of rotatable bonds is 4. The van der Waals surface area contributed by atoms with Gasteiger partial charge in [-0.15, -0.1) is 0 Å². The molecule has 0 radical (unpaired) electrons. The van der Waals surface area contributed by atoms with Gasteiger partial charge in [0.1, 0.15) is 13.3 Å². The predicted molar refractivity (Wildman–Crippen MR) is 59.9 cm³/mol. The van der Waals surface area contributed by atoms with Gasteiger partial charge < -0.3 is 14.4 Å². The van der Waals surface area contributed by atoms with Gasteiger partial charge in [-0.2, -0.15) is 13.2 Å². The summed E-state index contributed by atoms with van der Waals surface area (Å²) in [5, 5.41) is 9.91. The molecular weight excluding hydrogens is 247 g/mol. The molecule has 0 atom stereocenters. The minimum atomic E-state index is -4.32. The number of benzene rings is 1. The Labute approximate surface area is 101 Å². The van der Waals surface area contributed by atoms with Crippen molar-refractivity contribution in [3.63, 3.8) is 0 Å². The van der Waals surface area contributed by atoms with E-state index in [1.54, 1.807) is 35.0 Å². The molecule has 1 N–H and O–H groups in total. The highest BCUT2D eigenvalue weighted by Gasteiger charge is 2.27. The molecule has 18 heavy (non-hydrogen) atoms. The lowest BCUT2D eigenvalue weighted by Crippen LogP contribution is -2.18. The van der Waals surface area contributed by atoms with Crippen molar-refractivity contribution in [2.24, 2.45) is 0 Å². The Kier molecular flexibility index (Phi) is 3.58. The second-order valence-electron chi connectivity index (χ2n) is 3.93. The van der Waals surface area contributed by atoms with Crippen LogP contribution in [-0.4, -0.2) is 22.5 Å². The number of fused-ring (bicyclic) bond motifs is 1. The monoisotopic (exact) mass is 259 g/mol. The summed E-state index contributed by atoms with van der Waals surface area (Å²) in [6, 6.07) is 7.09. The van der Waals surface area contributed by atoms with Crippen LogP contribution in [0, 0.1) is 0 Å². The van der Waals surface area contributed by atoms with E-state index in [1.165, 1.54) is 0 Å². The number of ether oxygens (including phenoxy) is 1. The van der Waals surface area contributed by atoms with Gasteiger partial charge in [-0.25, -0.2) is 0 Å². The highest BCUT2D eigenvalue weighted by Crippen LogP contribution is 2.19. The highest BCUT2D eigenvalue weighted by molar-refractivity contribution is 5.80. The lowest BCUT2D eigenvalue weighted by atomic mass is 10.2. The largest absolute Gasteiger partial charge is 0.411 e. The second kappa shape index (κ2) is 4.99. The van der Waals surface area contributed by atoms with E-state index in [9.17, 15) is 13.2 Å². The summed E-state index contributed by atoms with van der Waals surface area (Å²) >= 11 is 0. The quantitative estimate of drug-likeness (QED) is 0.916. The summed E-state index contributed by atoms with van der Waals surface area (Å²) in [7, 11) is 0. The number of aliphatic hydroxyl groups excluding tert-OH is 1. The normalized spacial score (nSPS) is 12.2. The van der Waals surface area contributed by atoms with Gasteiger partial charge in [0, 0.05) is 6.20 Å². The number of aromatic nitrogens is 1. The van der Waals surface area contributed by atoms with Crippen LogP contribution in [0.2, 0.25) is 0 Å². The van der Waals surface area contributed by atoms with Crippen molar-refractivity contribution in [2.75, 3.05) is 6.61 Å². The number of hydrogen-bond acceptors (Lipinski definition) is 2. The summed E-state index contributed by atoms with van der Waals surface area (Å²) in [6.07, 6.45) is -2.67. The van der Waals surface area contributed by atoms with Crippen molar-refractivity contribution in [3.05, 3.63) is 36.0 Å². The molecule has 0 fully saturated rings. The zero-order valence-corrected chi connectivity index (χ0v) is 9.44. The van der Waals surface area contributed by atoms with E-state index in [4.69, 9.17) is 5.11 Å². The molecule has 1 aromatic heterocycles. The van der Waals surface area contributed by atoms with Gasteiger partial charge in [0.15, 0.2) is 0 Å². The van der Waals surface area contributed by atoms with Gasteiger partial charge in [0.05, 0.1) is 12.1 Å². The summed E-state index contributed by atoms with van der Waals surface area (Å²) in [5.74, 6) is 0. The topological polar surface area (TPSA) is 34.4 Å². The first kappa shape index (κ1) is 12.9. The molecule has 98 valence electrons. The van der Waals surface area contributed by atoms with Crippen molar-refractivity contribution in [3.8, 4) is 0 Å². The van der Waals surface area contributed by atoms with E-state index in [0.717, 1.165) is 10.9 Å². The van der Waals surface area contributed by atoms with Crippen LogP contribution in [0.1, 0.15) is 5.56 Å². The van der Waals surface area contributed by atoms with E-state index >= 15 is 0 Å². The van der Waals surface area contributed by atoms with Gasteiger partial charge in [0.2, 0.25) is 0 Å². The Balaban J connectivity index is 2.13. The third-order valence-corrected chi connectivity index (χ3v) is 2.52. The molecular formula is C12H12F3NO2. The van der Waals surface area contributed by atoms with Crippen LogP contribution in [0.25, 0.3) is 10.9 Å². The molecule has 0 saturated heterocycles. The first-order chi connectivity index (χ1) is 8.49. The average molecular weight is 259 g/mol. The smallest absolute Gasteiger partial charge is 0.392 e. The van der Waals surface area contributed by atoms with Crippen LogP contribution < -0.4 is 0 Å². The fourth-order valence-electron chi connectivity index (χ4n) is 1.70. The molecule has 1 aromatic carbocycles. The van der Waals surface area contributed by atoms with Crippen LogP contribution in [0.5, 0.6) is 0 Å². The second-order valence-corrected chi connectivity index (χ2v) is 3.93. The molecule has 6 heteroatoms. The Hall–Kier alpha value is -1.53. The number of halogens is 3. The van der Waals surface area contributed by atoms with Gasteiger partial charge in [-0.05, 0) is 23.1 Å². The Morgan fingerprint density at radius 2 is 2.00 bits per heavy atom. The molecule has 0 saturated carbocycles. The van der Waals surface area contributed by atoms with E-state index in [0.29, 0.717) is 5.56 Å². The molecule has 3 nitrogen and oxygen atoms in total. The number of nitrogens with zero attached hydrogens (tertiary/aromatic N) is 1. The maximum Gasteiger partial charge on any atom is 0.411 e. The van der Waals surface area contributed by atoms with E-state index < -0.39 is 12.8 Å². The fourth-order valence-corrected chi connectivity index (χ4v) is 1.70. The molecule has 0 spiro atoms. The first-order valence-electron chi connectivity index (χ1n) is 5.33. The molecule has 0 bridgehead atoms. The maximum atomic E-state index is 11.9. The summed E-state index contributed by atoms with van der Waals surface area (Å²) in [5.41, 5.74) is 1.45. The van der Waals surface area contributed by atoms with E-state index in [1.807, 2.05) is 0 Å². The van der Waals surface area contributed by atoms with Crippen LogP contribution in [0.4, 0.5) is 13.2 Å². The van der Waals surface area contributed by atoms with Gasteiger partial charge >= 0.3 is 6.18 Å². The van der Waals surface area contributed by atoms with Crippen LogP contribution in [0.3, 0.4) is 0 Å². The lowest BCUT2D eigenvalue weighted by Gasteiger charge is -2.09. The van der Waals surface area contributed by atoms with Crippen molar-refractivity contribution in [1.29, 1.82) is 0 Å². The van der Waals surface area contributed by atoms with Crippen LogP contribution >= 0.6 is 0 Å². The zero-order valence-electron chi connectivity index (χ0n) is 9.44. The number of hydrogen-bond donors (Lipinski definition) is 1. The van der Waals surface area contributed by atoms with Gasteiger partial charge in [-0.1, -0.05) is 12.1 Å². The Bertz CT molecular complexity index is 534. The molecule has 2 rings (SSSR count).